The van der Waals surface area contributed by atoms with E-state index in [4.69, 9.17) is 5.73 Å². The number of anilines is 3. The molecule has 5 nitrogen and oxygen atoms in total. The zero-order valence-electron chi connectivity index (χ0n) is 14.3. The number of aromatic nitrogens is 1. The maximum Gasteiger partial charge on any atom is 0.258 e. The Balaban J connectivity index is 1.91. The lowest BCUT2D eigenvalue weighted by Crippen LogP contribution is -2.10. The molecule has 2 aromatic carbocycles. The summed E-state index contributed by atoms with van der Waals surface area (Å²) in [4.78, 5) is 17.1. The monoisotopic (exact) mass is 342 g/mol. The number of nitrogens with zero attached hydrogens (tertiary/aromatic N) is 1. The highest BCUT2D eigenvalue weighted by Crippen LogP contribution is 2.38. The highest BCUT2D eigenvalue weighted by molar-refractivity contribution is 6.37. The molecular formula is C21H18N4O. The number of benzene rings is 2. The van der Waals surface area contributed by atoms with Gasteiger partial charge in [-0.15, -0.1) is 0 Å². The zero-order chi connectivity index (χ0) is 18.1. The summed E-state index contributed by atoms with van der Waals surface area (Å²) in [5.74, 6) is 0.510. The molecule has 1 amide bonds. The van der Waals surface area contributed by atoms with E-state index in [0.29, 0.717) is 22.8 Å². The maximum atomic E-state index is 12.7. The van der Waals surface area contributed by atoms with E-state index in [0.717, 1.165) is 22.4 Å². The van der Waals surface area contributed by atoms with E-state index >= 15 is 0 Å². The number of hydrogen-bond acceptors (Lipinski definition) is 4. The van der Waals surface area contributed by atoms with Crippen LogP contribution in [0.5, 0.6) is 0 Å². The number of hydrogen-bond donors (Lipinski definition) is 3. The Morgan fingerprint density at radius 1 is 1.08 bits per heavy atom. The van der Waals surface area contributed by atoms with Crippen molar-refractivity contribution < 1.29 is 4.79 Å². The van der Waals surface area contributed by atoms with Crippen LogP contribution < -0.4 is 16.4 Å². The molecule has 1 aromatic heterocycles. The third-order valence-corrected chi connectivity index (χ3v) is 4.27. The molecule has 1 aliphatic rings. The average Bonchev–Trinajstić information content (AvgIpc) is 2.97. The molecule has 0 unspecified atom stereocenters. The smallest absolute Gasteiger partial charge is 0.258 e. The topological polar surface area (TPSA) is 80.0 Å². The van der Waals surface area contributed by atoms with Crippen molar-refractivity contribution in [2.45, 2.75) is 6.92 Å². The first kappa shape index (κ1) is 15.9. The summed E-state index contributed by atoms with van der Waals surface area (Å²) in [5, 5.41) is 6.23. The minimum absolute atomic E-state index is 0.163. The normalized spacial score (nSPS) is 14.6. The van der Waals surface area contributed by atoms with Crippen LogP contribution in [0.2, 0.25) is 0 Å². The van der Waals surface area contributed by atoms with Crippen LogP contribution in [0, 0.1) is 6.92 Å². The second-order valence-corrected chi connectivity index (χ2v) is 6.22. The van der Waals surface area contributed by atoms with E-state index in [-0.39, 0.29) is 5.91 Å². The van der Waals surface area contributed by atoms with Gasteiger partial charge in [0.05, 0.1) is 11.3 Å². The maximum absolute atomic E-state index is 12.7. The summed E-state index contributed by atoms with van der Waals surface area (Å²) >= 11 is 0. The number of aryl methyl sites for hydroxylation is 1. The van der Waals surface area contributed by atoms with E-state index in [1.807, 2.05) is 61.5 Å². The molecule has 128 valence electrons. The standard InChI is InChI=1S/C21H18N4O/c1-13-7-10-18(23-12-13)25-20(14-5-3-2-4-6-14)19-16-11-15(22)8-9-17(16)24-21(19)26/h2-12H,22H2,1H3,(H,23,25)(H,24,26)/b20-19-. The molecule has 3 aromatic rings. The predicted molar refractivity (Wildman–Crippen MR) is 105 cm³/mol. The molecule has 2 heterocycles. The van der Waals surface area contributed by atoms with Crippen molar-refractivity contribution in [1.29, 1.82) is 0 Å². The van der Waals surface area contributed by atoms with Crippen LogP contribution in [-0.4, -0.2) is 10.9 Å². The van der Waals surface area contributed by atoms with Crippen LogP contribution in [0.1, 0.15) is 16.7 Å². The lowest BCUT2D eigenvalue weighted by atomic mass is 10.00. The van der Waals surface area contributed by atoms with Gasteiger partial charge in [-0.2, -0.15) is 0 Å². The molecule has 4 N–H and O–H groups in total. The van der Waals surface area contributed by atoms with Crippen molar-refractivity contribution in [3.05, 3.63) is 83.6 Å². The lowest BCUT2D eigenvalue weighted by Gasteiger charge is -2.14. The minimum Gasteiger partial charge on any atom is -0.399 e. The molecule has 0 atom stereocenters. The van der Waals surface area contributed by atoms with Crippen LogP contribution in [0.25, 0.3) is 11.3 Å². The van der Waals surface area contributed by atoms with Gasteiger partial charge < -0.3 is 16.4 Å². The third kappa shape index (κ3) is 2.91. The largest absolute Gasteiger partial charge is 0.399 e. The summed E-state index contributed by atoms with van der Waals surface area (Å²) in [7, 11) is 0. The Bertz CT molecular complexity index is 1010. The number of rotatable bonds is 3. The van der Waals surface area contributed by atoms with E-state index in [2.05, 4.69) is 15.6 Å². The van der Waals surface area contributed by atoms with Crippen molar-refractivity contribution >= 4 is 34.4 Å². The minimum atomic E-state index is -0.163. The van der Waals surface area contributed by atoms with Gasteiger partial charge in [0.2, 0.25) is 0 Å². The van der Waals surface area contributed by atoms with Gasteiger partial charge >= 0.3 is 0 Å². The number of carbonyl (C=O) groups excluding carboxylic acids is 1. The number of nitrogens with one attached hydrogen (secondary N) is 2. The van der Waals surface area contributed by atoms with Crippen molar-refractivity contribution in [3.63, 3.8) is 0 Å². The molecule has 0 bridgehead atoms. The van der Waals surface area contributed by atoms with Gasteiger partial charge in [0.1, 0.15) is 5.82 Å². The van der Waals surface area contributed by atoms with Gasteiger partial charge in [0.15, 0.2) is 0 Å². The fourth-order valence-electron chi connectivity index (χ4n) is 2.99. The van der Waals surface area contributed by atoms with Gasteiger partial charge in [-0.3, -0.25) is 4.79 Å². The van der Waals surface area contributed by atoms with Crippen LogP contribution in [-0.2, 0) is 4.79 Å². The molecule has 5 heteroatoms. The summed E-state index contributed by atoms with van der Waals surface area (Å²) in [5.41, 5.74) is 11.3. The molecule has 1 aliphatic heterocycles. The van der Waals surface area contributed by atoms with Gasteiger partial charge in [0, 0.05) is 23.1 Å². The van der Waals surface area contributed by atoms with E-state index in [1.165, 1.54) is 0 Å². The zero-order valence-corrected chi connectivity index (χ0v) is 14.3. The molecular weight excluding hydrogens is 324 g/mol. The number of amides is 1. The third-order valence-electron chi connectivity index (χ3n) is 4.27. The number of pyridine rings is 1. The Morgan fingerprint density at radius 2 is 1.88 bits per heavy atom. The van der Waals surface area contributed by atoms with Crippen molar-refractivity contribution in [3.8, 4) is 0 Å². The molecule has 4 rings (SSSR count). The van der Waals surface area contributed by atoms with Gasteiger partial charge in [-0.25, -0.2) is 4.98 Å². The molecule has 0 aliphatic carbocycles. The lowest BCUT2D eigenvalue weighted by molar-refractivity contribution is -0.110. The number of nitrogen functional groups attached to an aromatic ring is 1. The first-order chi connectivity index (χ1) is 12.6. The van der Waals surface area contributed by atoms with Crippen LogP contribution in [0.15, 0.2) is 66.9 Å². The van der Waals surface area contributed by atoms with Crippen LogP contribution in [0.3, 0.4) is 0 Å². The van der Waals surface area contributed by atoms with Crippen LogP contribution in [0.4, 0.5) is 17.2 Å². The Hall–Kier alpha value is -3.60. The Labute approximate surface area is 151 Å². The number of nitrogens with two attached hydrogens (primary N) is 1. The second kappa shape index (κ2) is 6.37. The first-order valence-electron chi connectivity index (χ1n) is 8.32. The summed E-state index contributed by atoms with van der Waals surface area (Å²) in [6.45, 7) is 1.98. The van der Waals surface area contributed by atoms with Crippen molar-refractivity contribution in [1.82, 2.24) is 4.98 Å². The molecule has 0 spiro atoms. The quantitative estimate of drug-likeness (QED) is 0.498. The molecule has 0 saturated carbocycles. The summed E-state index contributed by atoms with van der Waals surface area (Å²) < 4.78 is 0. The van der Waals surface area contributed by atoms with Gasteiger partial charge in [-0.1, -0.05) is 36.4 Å². The number of fused-ring (bicyclic) bond motifs is 1. The molecule has 0 fully saturated rings. The Kier molecular flexibility index (Phi) is 3.89. The summed E-state index contributed by atoms with van der Waals surface area (Å²) in [6, 6.07) is 19.0. The Morgan fingerprint density at radius 3 is 2.62 bits per heavy atom. The molecule has 0 radical (unpaired) electrons. The predicted octanol–water partition coefficient (Wildman–Crippen LogP) is 3.90. The summed E-state index contributed by atoms with van der Waals surface area (Å²) in [6.07, 6.45) is 1.79. The second-order valence-electron chi connectivity index (χ2n) is 6.22. The first-order valence-corrected chi connectivity index (χ1v) is 8.32. The van der Waals surface area contributed by atoms with Crippen molar-refractivity contribution in [2.24, 2.45) is 0 Å². The number of carbonyl (C=O) groups is 1. The van der Waals surface area contributed by atoms with E-state index in [9.17, 15) is 4.79 Å². The van der Waals surface area contributed by atoms with E-state index in [1.54, 1.807) is 12.3 Å². The highest BCUT2D eigenvalue weighted by atomic mass is 16.2. The van der Waals surface area contributed by atoms with Crippen LogP contribution >= 0.6 is 0 Å². The fraction of sp³-hybridized carbons (Fsp3) is 0.0476. The fourth-order valence-corrected chi connectivity index (χ4v) is 2.99. The van der Waals surface area contributed by atoms with Crippen molar-refractivity contribution in [2.75, 3.05) is 16.4 Å². The molecule has 0 saturated heterocycles. The SMILES string of the molecule is Cc1ccc(N/C(=C2\C(=O)Nc3ccc(N)cc32)c2ccccc2)nc1. The average molecular weight is 342 g/mol. The molecule has 26 heavy (non-hydrogen) atoms. The van der Waals surface area contributed by atoms with E-state index < -0.39 is 0 Å². The van der Waals surface area contributed by atoms with Gasteiger partial charge in [-0.05, 0) is 42.3 Å². The van der Waals surface area contributed by atoms with Gasteiger partial charge in [0.25, 0.3) is 5.91 Å². The highest BCUT2D eigenvalue weighted by Gasteiger charge is 2.28.